The number of nitrogens with one attached hydrogen (secondary N) is 1. The van der Waals surface area contributed by atoms with Crippen molar-refractivity contribution >= 4 is 32.5 Å². The molecule has 106 valence electrons. The molecule has 0 spiro atoms. The second-order valence-corrected chi connectivity index (χ2v) is 6.25. The maximum Gasteiger partial charge on any atom is 0.0726 e. The van der Waals surface area contributed by atoms with Crippen LogP contribution >= 0.6 is 15.9 Å². The maximum absolute atomic E-state index is 4.87. The lowest BCUT2D eigenvalue weighted by Crippen LogP contribution is -2.12. The van der Waals surface area contributed by atoms with E-state index in [9.17, 15) is 0 Å². The standard InChI is InChI=1S/C17H21BrN2/c18-11-5-6-12-19-17-13-7-1-3-9-15(13)20-16-10-4-2-8-14(16)17/h1,3,7,9H,2,4-6,8,10-12H2,(H,19,20). The molecule has 2 aromatic rings. The number of nitrogens with zero attached hydrogens (tertiary/aromatic N) is 1. The van der Waals surface area contributed by atoms with Crippen molar-refractivity contribution in [3.8, 4) is 0 Å². The lowest BCUT2D eigenvalue weighted by Gasteiger charge is -2.21. The first kappa shape index (κ1) is 13.9. The first-order valence-electron chi connectivity index (χ1n) is 7.60. The SMILES string of the molecule is BrCCCCNc1c2c(nc3ccccc13)CCCC2. The number of fused-ring (bicyclic) bond motifs is 2. The third-order valence-corrected chi connectivity index (χ3v) is 4.59. The van der Waals surface area contributed by atoms with Gasteiger partial charge in [0.1, 0.15) is 0 Å². The Kier molecular flexibility index (Phi) is 4.56. The molecule has 0 amide bonds. The van der Waals surface area contributed by atoms with Crippen molar-refractivity contribution in [2.24, 2.45) is 0 Å². The van der Waals surface area contributed by atoms with Crippen LogP contribution in [-0.2, 0) is 12.8 Å². The summed E-state index contributed by atoms with van der Waals surface area (Å²) in [5.74, 6) is 0. The molecule has 1 N–H and O–H groups in total. The Morgan fingerprint density at radius 2 is 1.95 bits per heavy atom. The van der Waals surface area contributed by atoms with Crippen LogP contribution in [0.4, 0.5) is 5.69 Å². The van der Waals surface area contributed by atoms with E-state index in [1.165, 1.54) is 54.4 Å². The minimum Gasteiger partial charge on any atom is -0.384 e. The first-order valence-corrected chi connectivity index (χ1v) is 8.72. The quantitative estimate of drug-likeness (QED) is 0.634. The van der Waals surface area contributed by atoms with Gasteiger partial charge in [-0.15, -0.1) is 0 Å². The summed E-state index contributed by atoms with van der Waals surface area (Å²) >= 11 is 3.50. The van der Waals surface area contributed by atoms with Crippen LogP contribution in [0.15, 0.2) is 24.3 Å². The summed E-state index contributed by atoms with van der Waals surface area (Å²) in [6.07, 6.45) is 7.31. The van der Waals surface area contributed by atoms with Crippen LogP contribution in [0.2, 0.25) is 0 Å². The molecule has 0 bridgehead atoms. The molecular weight excluding hydrogens is 312 g/mol. The van der Waals surface area contributed by atoms with Gasteiger partial charge in [0, 0.05) is 28.6 Å². The largest absolute Gasteiger partial charge is 0.384 e. The zero-order valence-electron chi connectivity index (χ0n) is 11.8. The van der Waals surface area contributed by atoms with E-state index in [-0.39, 0.29) is 0 Å². The van der Waals surface area contributed by atoms with Crippen molar-refractivity contribution in [1.82, 2.24) is 4.98 Å². The number of aromatic nitrogens is 1. The van der Waals surface area contributed by atoms with Gasteiger partial charge in [0.25, 0.3) is 0 Å². The lowest BCUT2D eigenvalue weighted by molar-refractivity contribution is 0.671. The van der Waals surface area contributed by atoms with E-state index in [4.69, 9.17) is 4.98 Å². The van der Waals surface area contributed by atoms with Gasteiger partial charge in [-0.1, -0.05) is 34.1 Å². The minimum atomic E-state index is 1.05. The van der Waals surface area contributed by atoms with Gasteiger partial charge in [-0.05, 0) is 50.2 Å². The van der Waals surface area contributed by atoms with E-state index in [2.05, 4.69) is 45.5 Å². The second kappa shape index (κ2) is 6.57. The van der Waals surface area contributed by atoms with Crippen molar-refractivity contribution < 1.29 is 0 Å². The summed E-state index contributed by atoms with van der Waals surface area (Å²) in [7, 11) is 0. The molecule has 1 aliphatic carbocycles. The number of rotatable bonds is 5. The molecule has 0 radical (unpaired) electrons. The number of alkyl halides is 1. The molecule has 1 aromatic heterocycles. The molecule has 0 atom stereocenters. The van der Waals surface area contributed by atoms with E-state index in [1.807, 2.05) is 0 Å². The van der Waals surface area contributed by atoms with Crippen molar-refractivity contribution in [3.05, 3.63) is 35.5 Å². The maximum atomic E-state index is 4.87. The van der Waals surface area contributed by atoms with Crippen LogP contribution in [-0.4, -0.2) is 16.9 Å². The van der Waals surface area contributed by atoms with Gasteiger partial charge in [-0.25, -0.2) is 0 Å². The summed E-state index contributed by atoms with van der Waals surface area (Å²) in [4.78, 5) is 4.87. The summed E-state index contributed by atoms with van der Waals surface area (Å²) in [6.45, 7) is 1.05. The Bertz CT molecular complexity index is 595. The van der Waals surface area contributed by atoms with Gasteiger partial charge in [-0.2, -0.15) is 0 Å². The molecule has 0 fully saturated rings. The zero-order chi connectivity index (χ0) is 13.8. The van der Waals surface area contributed by atoms with Crippen molar-refractivity contribution in [2.45, 2.75) is 38.5 Å². The number of para-hydroxylation sites is 1. The Morgan fingerprint density at radius 3 is 2.85 bits per heavy atom. The number of hydrogen-bond acceptors (Lipinski definition) is 2. The lowest BCUT2D eigenvalue weighted by atomic mass is 9.92. The summed E-state index contributed by atoms with van der Waals surface area (Å²) in [5, 5.41) is 6.06. The molecule has 2 nitrogen and oxygen atoms in total. The highest BCUT2D eigenvalue weighted by Gasteiger charge is 2.17. The predicted octanol–water partition coefficient (Wildman–Crippen LogP) is 4.70. The fourth-order valence-corrected chi connectivity index (χ4v) is 3.40. The van der Waals surface area contributed by atoms with E-state index < -0.39 is 0 Å². The van der Waals surface area contributed by atoms with E-state index in [0.717, 1.165) is 23.8 Å². The van der Waals surface area contributed by atoms with Gasteiger partial charge in [0.2, 0.25) is 0 Å². The molecular formula is C17H21BrN2. The molecule has 1 aromatic carbocycles. The Labute approximate surface area is 129 Å². The fraction of sp³-hybridized carbons (Fsp3) is 0.471. The van der Waals surface area contributed by atoms with Crippen molar-refractivity contribution in [2.75, 3.05) is 17.2 Å². The molecule has 20 heavy (non-hydrogen) atoms. The Morgan fingerprint density at radius 1 is 1.10 bits per heavy atom. The smallest absolute Gasteiger partial charge is 0.0726 e. The summed E-state index contributed by atoms with van der Waals surface area (Å²) in [5.41, 5.74) is 5.27. The van der Waals surface area contributed by atoms with Crippen molar-refractivity contribution in [3.63, 3.8) is 0 Å². The van der Waals surface area contributed by atoms with Crippen LogP contribution in [0.1, 0.15) is 36.9 Å². The fourth-order valence-electron chi connectivity index (χ4n) is 3.01. The van der Waals surface area contributed by atoms with Crippen LogP contribution in [0.3, 0.4) is 0 Å². The van der Waals surface area contributed by atoms with Gasteiger partial charge in [0.05, 0.1) is 5.52 Å². The number of pyridine rings is 1. The molecule has 1 aliphatic rings. The first-order chi connectivity index (χ1) is 9.90. The van der Waals surface area contributed by atoms with Crippen LogP contribution < -0.4 is 5.32 Å². The number of hydrogen-bond donors (Lipinski definition) is 1. The molecule has 3 rings (SSSR count). The third-order valence-electron chi connectivity index (χ3n) is 4.03. The molecule has 0 saturated heterocycles. The van der Waals surface area contributed by atoms with Gasteiger partial charge in [0.15, 0.2) is 0 Å². The van der Waals surface area contributed by atoms with E-state index >= 15 is 0 Å². The van der Waals surface area contributed by atoms with Crippen LogP contribution in [0.5, 0.6) is 0 Å². The molecule has 3 heteroatoms. The number of anilines is 1. The second-order valence-electron chi connectivity index (χ2n) is 5.46. The number of halogens is 1. The normalized spacial score (nSPS) is 14.2. The summed E-state index contributed by atoms with van der Waals surface area (Å²) in [6, 6.07) is 8.53. The van der Waals surface area contributed by atoms with Gasteiger partial charge in [-0.3, -0.25) is 4.98 Å². The minimum absolute atomic E-state index is 1.05. The van der Waals surface area contributed by atoms with Crippen LogP contribution in [0.25, 0.3) is 10.9 Å². The van der Waals surface area contributed by atoms with Crippen LogP contribution in [0, 0.1) is 0 Å². The highest BCUT2D eigenvalue weighted by Crippen LogP contribution is 2.33. The molecule has 0 aliphatic heterocycles. The zero-order valence-corrected chi connectivity index (χ0v) is 13.4. The predicted molar refractivity (Wildman–Crippen MR) is 89.9 cm³/mol. The highest BCUT2D eigenvalue weighted by atomic mass is 79.9. The van der Waals surface area contributed by atoms with Crippen molar-refractivity contribution in [1.29, 1.82) is 0 Å². The summed E-state index contributed by atoms with van der Waals surface area (Å²) < 4.78 is 0. The monoisotopic (exact) mass is 332 g/mol. The number of benzene rings is 1. The van der Waals surface area contributed by atoms with E-state index in [0.29, 0.717) is 0 Å². The molecule has 1 heterocycles. The van der Waals surface area contributed by atoms with E-state index in [1.54, 1.807) is 0 Å². The topological polar surface area (TPSA) is 24.9 Å². The average Bonchev–Trinajstić information content (AvgIpc) is 2.50. The van der Waals surface area contributed by atoms with Gasteiger partial charge >= 0.3 is 0 Å². The average molecular weight is 333 g/mol. The molecule has 0 unspecified atom stereocenters. The Balaban J connectivity index is 1.97. The number of unbranched alkanes of at least 4 members (excludes halogenated alkanes) is 1. The third kappa shape index (κ3) is 2.83. The highest BCUT2D eigenvalue weighted by molar-refractivity contribution is 9.09. The molecule has 0 saturated carbocycles. The number of aryl methyl sites for hydroxylation is 1. The Hall–Kier alpha value is -1.09. The van der Waals surface area contributed by atoms with Gasteiger partial charge < -0.3 is 5.32 Å².